The number of allylic oxidation sites excluding steroid dienone is 6. The van der Waals surface area contributed by atoms with Crippen LogP contribution in [0.5, 0.6) is 0 Å². The average Bonchev–Trinajstić information content (AvgIpc) is 2.46. The normalized spacial score (nSPS) is 13.3. The second kappa shape index (κ2) is 8.31. The summed E-state index contributed by atoms with van der Waals surface area (Å²) in [7, 11) is 0. The van der Waals surface area contributed by atoms with Crippen molar-refractivity contribution in [3.63, 3.8) is 0 Å². The SMILES string of the molecule is C=C\C=C(Nc1ccc(C)cc1C)/C(C)=C(C)/C=C\CC. The quantitative estimate of drug-likeness (QED) is 0.622. The van der Waals surface area contributed by atoms with E-state index in [9.17, 15) is 0 Å². The number of hydrogen-bond donors (Lipinski definition) is 1. The van der Waals surface area contributed by atoms with Crippen LogP contribution in [0.3, 0.4) is 0 Å². The highest BCUT2D eigenvalue weighted by Crippen LogP contribution is 2.22. The highest BCUT2D eigenvalue weighted by Gasteiger charge is 2.05. The number of nitrogens with one attached hydrogen (secondary N) is 1. The van der Waals surface area contributed by atoms with Crippen molar-refractivity contribution in [2.75, 3.05) is 5.32 Å². The van der Waals surface area contributed by atoms with Crippen LogP contribution in [-0.2, 0) is 0 Å². The van der Waals surface area contributed by atoms with Crippen LogP contribution in [-0.4, -0.2) is 0 Å². The highest BCUT2D eigenvalue weighted by atomic mass is 14.9. The van der Waals surface area contributed by atoms with Gasteiger partial charge in [0.25, 0.3) is 0 Å². The Kier molecular flexibility index (Phi) is 6.74. The Hall–Kier alpha value is -2.02. The molecule has 0 atom stereocenters. The minimum atomic E-state index is 1.05. The predicted molar refractivity (Wildman–Crippen MR) is 95.6 cm³/mol. The van der Waals surface area contributed by atoms with E-state index in [4.69, 9.17) is 0 Å². The molecule has 0 aromatic heterocycles. The van der Waals surface area contributed by atoms with Crippen molar-refractivity contribution >= 4 is 5.69 Å². The Bertz CT molecular complexity index is 586. The van der Waals surface area contributed by atoms with Gasteiger partial charge in [-0.1, -0.05) is 49.4 Å². The molecule has 0 saturated heterocycles. The number of aryl methyl sites for hydroxylation is 2. The fourth-order valence-corrected chi connectivity index (χ4v) is 2.11. The predicted octanol–water partition coefficient (Wildman–Crippen LogP) is 6.09. The molecule has 1 aromatic carbocycles. The molecule has 0 amide bonds. The fourth-order valence-electron chi connectivity index (χ4n) is 2.11. The lowest BCUT2D eigenvalue weighted by Gasteiger charge is -2.15. The maximum absolute atomic E-state index is 3.83. The molecule has 0 fully saturated rings. The van der Waals surface area contributed by atoms with Gasteiger partial charge in [0.15, 0.2) is 0 Å². The van der Waals surface area contributed by atoms with E-state index < -0.39 is 0 Å². The van der Waals surface area contributed by atoms with Crippen molar-refractivity contribution in [3.8, 4) is 0 Å². The standard InChI is InChI=1S/C20H27N/c1-7-9-11-16(4)18(6)20(10-8-2)21-19-13-12-15(3)14-17(19)5/h8-14,21H,2,7H2,1,3-6H3/b11-9-,18-16+,20-10+. The van der Waals surface area contributed by atoms with Crippen LogP contribution in [0.15, 0.2) is 65.9 Å². The van der Waals surface area contributed by atoms with Gasteiger partial charge >= 0.3 is 0 Å². The van der Waals surface area contributed by atoms with Gasteiger partial charge in [0.05, 0.1) is 0 Å². The Morgan fingerprint density at radius 1 is 1.24 bits per heavy atom. The number of anilines is 1. The van der Waals surface area contributed by atoms with Crippen molar-refractivity contribution in [2.24, 2.45) is 0 Å². The molecule has 1 aromatic rings. The highest BCUT2D eigenvalue weighted by molar-refractivity contribution is 5.59. The largest absolute Gasteiger partial charge is 0.355 e. The van der Waals surface area contributed by atoms with Gasteiger partial charge in [-0.25, -0.2) is 0 Å². The zero-order valence-corrected chi connectivity index (χ0v) is 14.0. The second-order valence-corrected chi connectivity index (χ2v) is 5.38. The van der Waals surface area contributed by atoms with Crippen LogP contribution in [0.25, 0.3) is 0 Å². The van der Waals surface area contributed by atoms with Gasteiger partial charge in [-0.3, -0.25) is 0 Å². The molecule has 0 aliphatic rings. The van der Waals surface area contributed by atoms with Crippen molar-refractivity contribution in [3.05, 3.63) is 77.1 Å². The van der Waals surface area contributed by atoms with Gasteiger partial charge in [0.1, 0.15) is 0 Å². The minimum Gasteiger partial charge on any atom is -0.355 e. The lowest BCUT2D eigenvalue weighted by atomic mass is 10.0. The molecule has 1 N–H and O–H groups in total. The lowest BCUT2D eigenvalue weighted by molar-refractivity contribution is 1.20. The maximum Gasteiger partial charge on any atom is 0.0416 e. The maximum atomic E-state index is 3.83. The first kappa shape index (κ1) is 17.0. The first-order valence-corrected chi connectivity index (χ1v) is 7.51. The van der Waals surface area contributed by atoms with Gasteiger partial charge in [0, 0.05) is 11.4 Å². The van der Waals surface area contributed by atoms with Crippen LogP contribution >= 0.6 is 0 Å². The third-order valence-electron chi connectivity index (χ3n) is 3.53. The molecule has 0 aliphatic heterocycles. The van der Waals surface area contributed by atoms with Crippen molar-refractivity contribution in [2.45, 2.75) is 41.0 Å². The molecular weight excluding hydrogens is 254 g/mol. The van der Waals surface area contributed by atoms with E-state index in [0.717, 1.165) is 17.8 Å². The van der Waals surface area contributed by atoms with Crippen molar-refractivity contribution < 1.29 is 0 Å². The van der Waals surface area contributed by atoms with E-state index in [1.165, 1.54) is 22.3 Å². The Balaban J connectivity index is 3.11. The van der Waals surface area contributed by atoms with Gasteiger partial charge in [-0.15, -0.1) is 0 Å². The fraction of sp³-hybridized carbons (Fsp3) is 0.300. The van der Waals surface area contributed by atoms with E-state index in [-0.39, 0.29) is 0 Å². The molecule has 0 radical (unpaired) electrons. The monoisotopic (exact) mass is 281 g/mol. The Labute approximate surface area is 129 Å². The van der Waals surface area contributed by atoms with E-state index in [1.807, 2.05) is 12.2 Å². The lowest BCUT2D eigenvalue weighted by Crippen LogP contribution is -2.04. The molecule has 0 bridgehead atoms. The first-order valence-electron chi connectivity index (χ1n) is 7.51. The molecule has 0 spiro atoms. The van der Waals surface area contributed by atoms with Crippen LogP contribution in [0.4, 0.5) is 5.69 Å². The zero-order chi connectivity index (χ0) is 15.8. The van der Waals surface area contributed by atoms with Crippen molar-refractivity contribution in [1.29, 1.82) is 0 Å². The summed E-state index contributed by atoms with van der Waals surface area (Å²) in [6.07, 6.45) is 9.26. The zero-order valence-electron chi connectivity index (χ0n) is 14.0. The first-order chi connectivity index (χ1) is 9.99. The molecule has 0 saturated carbocycles. The van der Waals surface area contributed by atoms with E-state index in [1.54, 1.807) is 0 Å². The molecule has 1 rings (SSSR count). The van der Waals surface area contributed by atoms with E-state index in [2.05, 4.69) is 76.9 Å². The van der Waals surface area contributed by atoms with E-state index >= 15 is 0 Å². The topological polar surface area (TPSA) is 12.0 Å². The van der Waals surface area contributed by atoms with Gasteiger partial charge in [-0.2, -0.15) is 0 Å². The number of hydrogen-bond acceptors (Lipinski definition) is 1. The van der Waals surface area contributed by atoms with Gasteiger partial charge in [-0.05, 0) is 63.0 Å². The second-order valence-electron chi connectivity index (χ2n) is 5.38. The third kappa shape index (κ3) is 5.11. The van der Waals surface area contributed by atoms with Gasteiger partial charge in [0.2, 0.25) is 0 Å². The Morgan fingerprint density at radius 3 is 2.52 bits per heavy atom. The molecule has 0 heterocycles. The van der Waals surface area contributed by atoms with Crippen LogP contribution in [0, 0.1) is 13.8 Å². The van der Waals surface area contributed by atoms with Crippen LogP contribution < -0.4 is 5.32 Å². The molecule has 0 aliphatic carbocycles. The summed E-state index contributed by atoms with van der Waals surface area (Å²) >= 11 is 0. The summed E-state index contributed by atoms with van der Waals surface area (Å²) < 4.78 is 0. The Morgan fingerprint density at radius 2 is 1.95 bits per heavy atom. The van der Waals surface area contributed by atoms with Gasteiger partial charge < -0.3 is 5.32 Å². The molecule has 1 nitrogen and oxygen atoms in total. The average molecular weight is 281 g/mol. The van der Waals surface area contributed by atoms with Crippen LogP contribution in [0.2, 0.25) is 0 Å². The smallest absolute Gasteiger partial charge is 0.0416 e. The number of benzene rings is 1. The van der Waals surface area contributed by atoms with E-state index in [0.29, 0.717) is 0 Å². The summed E-state index contributed by atoms with van der Waals surface area (Å²) in [5, 5.41) is 3.53. The van der Waals surface area contributed by atoms with Crippen LogP contribution in [0.1, 0.15) is 38.3 Å². The summed E-state index contributed by atoms with van der Waals surface area (Å²) in [6, 6.07) is 6.45. The molecule has 112 valence electrons. The summed E-state index contributed by atoms with van der Waals surface area (Å²) in [5.41, 5.74) is 7.26. The summed E-state index contributed by atoms with van der Waals surface area (Å²) in [4.78, 5) is 0. The molecule has 0 unspecified atom stereocenters. The molecular formula is C20H27N. The summed E-state index contributed by atoms with van der Waals surface area (Å²) in [5.74, 6) is 0. The third-order valence-corrected chi connectivity index (χ3v) is 3.53. The number of rotatable bonds is 6. The molecule has 1 heteroatoms. The van der Waals surface area contributed by atoms with Crippen molar-refractivity contribution in [1.82, 2.24) is 0 Å². The summed E-state index contributed by atoms with van der Waals surface area (Å²) in [6.45, 7) is 14.5. The minimum absolute atomic E-state index is 1.05. The molecule has 21 heavy (non-hydrogen) atoms.